The first-order valence-corrected chi connectivity index (χ1v) is 7.93. The summed E-state index contributed by atoms with van der Waals surface area (Å²) in [6.07, 6.45) is 4.65. The summed E-state index contributed by atoms with van der Waals surface area (Å²) in [6, 6.07) is 7.18. The van der Waals surface area contributed by atoms with E-state index in [0.717, 1.165) is 35.4 Å². The van der Waals surface area contributed by atoms with Crippen molar-refractivity contribution in [1.29, 1.82) is 0 Å². The van der Waals surface area contributed by atoms with Crippen molar-refractivity contribution in [2.45, 2.75) is 51.6 Å². The summed E-state index contributed by atoms with van der Waals surface area (Å²) in [5, 5.41) is 4.29. The van der Waals surface area contributed by atoms with Crippen LogP contribution in [0.1, 0.15) is 45.0 Å². The van der Waals surface area contributed by atoms with E-state index in [1.807, 2.05) is 12.1 Å². The summed E-state index contributed by atoms with van der Waals surface area (Å²) in [5.41, 5.74) is 2.17. The molecule has 1 aromatic heterocycles. The van der Waals surface area contributed by atoms with E-state index in [1.165, 1.54) is 18.7 Å². The third kappa shape index (κ3) is 2.84. The second-order valence-electron chi connectivity index (χ2n) is 5.95. The number of imidazole rings is 1. The van der Waals surface area contributed by atoms with Crippen molar-refractivity contribution in [3.63, 3.8) is 0 Å². The van der Waals surface area contributed by atoms with Gasteiger partial charge in [-0.3, -0.25) is 0 Å². The van der Waals surface area contributed by atoms with Crippen molar-refractivity contribution in [3.8, 4) is 0 Å². The highest BCUT2D eigenvalue weighted by atomic mass is 35.5. The summed E-state index contributed by atoms with van der Waals surface area (Å²) in [5.74, 6) is 1.20. The number of aryl methyl sites for hydroxylation is 1. The summed E-state index contributed by atoms with van der Waals surface area (Å²) >= 11 is 6.38. The monoisotopic (exact) mass is 291 g/mol. The van der Waals surface area contributed by atoms with Gasteiger partial charge in [0.25, 0.3) is 0 Å². The predicted octanol–water partition coefficient (Wildman–Crippen LogP) is 3.96. The van der Waals surface area contributed by atoms with E-state index >= 15 is 0 Å². The van der Waals surface area contributed by atoms with Crippen LogP contribution in [-0.4, -0.2) is 22.1 Å². The van der Waals surface area contributed by atoms with E-state index in [-0.39, 0.29) is 0 Å². The third-order valence-corrected chi connectivity index (χ3v) is 4.08. The number of para-hydroxylation sites is 1. The van der Waals surface area contributed by atoms with Gasteiger partial charge in [-0.15, -0.1) is 0 Å². The van der Waals surface area contributed by atoms with Crippen LogP contribution in [0.4, 0.5) is 0 Å². The number of hydrogen-bond donors (Lipinski definition) is 1. The molecule has 108 valence electrons. The van der Waals surface area contributed by atoms with Crippen molar-refractivity contribution in [2.24, 2.45) is 0 Å². The Morgan fingerprint density at radius 2 is 2.20 bits per heavy atom. The second kappa shape index (κ2) is 5.74. The van der Waals surface area contributed by atoms with E-state index in [0.29, 0.717) is 12.1 Å². The highest BCUT2D eigenvalue weighted by Gasteiger charge is 2.28. The van der Waals surface area contributed by atoms with Crippen LogP contribution in [0.3, 0.4) is 0 Å². The summed E-state index contributed by atoms with van der Waals surface area (Å²) in [4.78, 5) is 4.80. The van der Waals surface area contributed by atoms with E-state index in [9.17, 15) is 0 Å². The number of fused-ring (bicyclic) bond motifs is 1. The molecule has 0 amide bonds. The molecule has 4 heteroatoms. The van der Waals surface area contributed by atoms with E-state index in [2.05, 4.69) is 29.8 Å². The topological polar surface area (TPSA) is 29.9 Å². The minimum Gasteiger partial charge on any atom is -0.324 e. The molecule has 1 heterocycles. The van der Waals surface area contributed by atoms with Crippen molar-refractivity contribution in [2.75, 3.05) is 6.54 Å². The SMILES string of the molecule is CC(C)NCCCc1nc2cccc(Cl)c2n1C1CC1. The van der Waals surface area contributed by atoms with Crippen molar-refractivity contribution < 1.29 is 0 Å². The maximum absolute atomic E-state index is 6.38. The Morgan fingerprint density at radius 1 is 1.40 bits per heavy atom. The molecule has 1 saturated carbocycles. The number of benzene rings is 1. The van der Waals surface area contributed by atoms with Gasteiger partial charge in [0.1, 0.15) is 5.82 Å². The summed E-state index contributed by atoms with van der Waals surface area (Å²) < 4.78 is 2.38. The lowest BCUT2D eigenvalue weighted by Gasteiger charge is -2.10. The first kappa shape index (κ1) is 13.9. The minimum absolute atomic E-state index is 0.548. The lowest BCUT2D eigenvalue weighted by Crippen LogP contribution is -2.24. The number of nitrogens with zero attached hydrogens (tertiary/aromatic N) is 2. The Hall–Kier alpha value is -1.06. The molecule has 1 aliphatic rings. The fraction of sp³-hybridized carbons (Fsp3) is 0.562. The zero-order valence-corrected chi connectivity index (χ0v) is 13.0. The molecule has 1 aromatic carbocycles. The molecule has 0 unspecified atom stereocenters. The Bertz CT molecular complexity index is 599. The molecule has 0 atom stereocenters. The van der Waals surface area contributed by atoms with Crippen LogP contribution in [0.15, 0.2) is 18.2 Å². The first-order chi connectivity index (χ1) is 9.66. The standard InChI is InChI=1S/C16H22ClN3/c1-11(2)18-10-4-7-15-19-14-6-3-5-13(17)16(14)20(15)12-8-9-12/h3,5-6,11-12,18H,4,7-10H2,1-2H3. The van der Waals surface area contributed by atoms with Gasteiger partial charge >= 0.3 is 0 Å². The molecular formula is C16H22ClN3. The lowest BCUT2D eigenvalue weighted by molar-refractivity contribution is 0.559. The van der Waals surface area contributed by atoms with Crippen molar-refractivity contribution in [3.05, 3.63) is 29.0 Å². The normalized spacial score (nSPS) is 15.4. The molecule has 0 aliphatic heterocycles. The molecule has 0 bridgehead atoms. The number of aromatic nitrogens is 2. The second-order valence-corrected chi connectivity index (χ2v) is 6.36. The molecule has 2 aromatic rings. The van der Waals surface area contributed by atoms with Gasteiger partial charge in [-0.05, 0) is 37.9 Å². The average Bonchev–Trinajstić information content (AvgIpc) is 3.16. The van der Waals surface area contributed by atoms with Crippen molar-refractivity contribution in [1.82, 2.24) is 14.9 Å². The Balaban J connectivity index is 1.83. The first-order valence-electron chi connectivity index (χ1n) is 7.55. The molecule has 20 heavy (non-hydrogen) atoms. The Morgan fingerprint density at radius 3 is 2.90 bits per heavy atom. The summed E-state index contributed by atoms with van der Waals surface area (Å²) in [7, 11) is 0. The zero-order valence-electron chi connectivity index (χ0n) is 12.2. The van der Waals surface area contributed by atoms with Crippen LogP contribution >= 0.6 is 11.6 Å². The molecule has 1 N–H and O–H groups in total. The van der Waals surface area contributed by atoms with Gasteiger partial charge < -0.3 is 9.88 Å². The van der Waals surface area contributed by atoms with Gasteiger partial charge in [0, 0.05) is 18.5 Å². The Kier molecular flexibility index (Phi) is 3.99. The fourth-order valence-corrected chi connectivity index (χ4v) is 2.95. The highest BCUT2D eigenvalue weighted by molar-refractivity contribution is 6.35. The van der Waals surface area contributed by atoms with Gasteiger partial charge in [0.2, 0.25) is 0 Å². The maximum Gasteiger partial charge on any atom is 0.110 e. The average molecular weight is 292 g/mol. The molecule has 1 fully saturated rings. The molecule has 3 rings (SSSR count). The molecule has 1 aliphatic carbocycles. The van der Waals surface area contributed by atoms with Crippen LogP contribution in [-0.2, 0) is 6.42 Å². The molecular weight excluding hydrogens is 270 g/mol. The molecule has 0 radical (unpaired) electrons. The maximum atomic E-state index is 6.38. The largest absolute Gasteiger partial charge is 0.324 e. The van der Waals surface area contributed by atoms with Crippen molar-refractivity contribution >= 4 is 22.6 Å². The molecule has 0 saturated heterocycles. The van der Waals surface area contributed by atoms with Crippen LogP contribution in [0, 0.1) is 0 Å². The van der Waals surface area contributed by atoms with Crippen LogP contribution in [0.25, 0.3) is 11.0 Å². The summed E-state index contributed by atoms with van der Waals surface area (Å²) in [6.45, 7) is 5.40. The minimum atomic E-state index is 0.548. The lowest BCUT2D eigenvalue weighted by atomic mass is 10.2. The Labute approximate surface area is 125 Å². The third-order valence-electron chi connectivity index (χ3n) is 3.78. The van der Waals surface area contributed by atoms with Gasteiger partial charge in [-0.25, -0.2) is 4.98 Å². The number of halogens is 1. The van der Waals surface area contributed by atoms with E-state index < -0.39 is 0 Å². The number of hydrogen-bond acceptors (Lipinski definition) is 2. The van der Waals surface area contributed by atoms with Gasteiger partial charge in [0.15, 0.2) is 0 Å². The quantitative estimate of drug-likeness (QED) is 0.817. The molecule has 3 nitrogen and oxygen atoms in total. The number of rotatable bonds is 6. The van der Waals surface area contributed by atoms with Crippen LogP contribution in [0.5, 0.6) is 0 Å². The van der Waals surface area contributed by atoms with Gasteiger partial charge in [-0.2, -0.15) is 0 Å². The molecule has 0 spiro atoms. The van der Waals surface area contributed by atoms with E-state index in [4.69, 9.17) is 16.6 Å². The van der Waals surface area contributed by atoms with Crippen LogP contribution in [0.2, 0.25) is 5.02 Å². The van der Waals surface area contributed by atoms with E-state index in [1.54, 1.807) is 0 Å². The van der Waals surface area contributed by atoms with Crippen LogP contribution < -0.4 is 5.32 Å². The van der Waals surface area contributed by atoms with Gasteiger partial charge in [-0.1, -0.05) is 31.5 Å². The zero-order chi connectivity index (χ0) is 14.1. The highest BCUT2D eigenvalue weighted by Crippen LogP contribution is 2.40. The fourth-order valence-electron chi connectivity index (χ4n) is 2.69. The smallest absolute Gasteiger partial charge is 0.110 e. The predicted molar refractivity (Wildman–Crippen MR) is 84.5 cm³/mol. The number of nitrogens with one attached hydrogen (secondary N) is 1. The van der Waals surface area contributed by atoms with Gasteiger partial charge in [0.05, 0.1) is 16.1 Å².